The molecule has 6 nitrogen and oxygen atoms in total. The Labute approximate surface area is 120 Å². The van der Waals surface area contributed by atoms with Gasteiger partial charge >= 0.3 is 0 Å². The molecule has 0 spiro atoms. The summed E-state index contributed by atoms with van der Waals surface area (Å²) in [5.41, 5.74) is 0. The van der Waals surface area contributed by atoms with Gasteiger partial charge in [0.25, 0.3) is 0 Å². The highest BCUT2D eigenvalue weighted by atomic mass is 16.5. The molecule has 2 fully saturated rings. The second-order valence-corrected chi connectivity index (χ2v) is 5.43. The third-order valence-corrected chi connectivity index (χ3v) is 4.08. The van der Waals surface area contributed by atoms with E-state index in [0.717, 1.165) is 38.8 Å². The Hall–Kier alpha value is -1.14. The van der Waals surface area contributed by atoms with Gasteiger partial charge in [0.15, 0.2) is 0 Å². The number of likely N-dealkylation sites (tertiary alicyclic amines) is 1. The van der Waals surface area contributed by atoms with Crippen molar-refractivity contribution in [3.8, 4) is 0 Å². The van der Waals surface area contributed by atoms with E-state index in [1.54, 1.807) is 11.9 Å². The molecule has 1 unspecified atom stereocenters. The first-order valence-electron chi connectivity index (χ1n) is 7.55. The third-order valence-electron chi connectivity index (χ3n) is 4.08. The van der Waals surface area contributed by atoms with Crippen molar-refractivity contribution >= 4 is 11.8 Å². The highest BCUT2D eigenvalue weighted by Gasteiger charge is 2.33. The summed E-state index contributed by atoms with van der Waals surface area (Å²) in [5, 5.41) is 5.91. The summed E-state index contributed by atoms with van der Waals surface area (Å²) < 4.78 is 5.75. The van der Waals surface area contributed by atoms with Crippen molar-refractivity contribution in [2.24, 2.45) is 0 Å². The van der Waals surface area contributed by atoms with Crippen molar-refractivity contribution in [3.05, 3.63) is 0 Å². The van der Waals surface area contributed by atoms with Gasteiger partial charge < -0.3 is 20.3 Å². The van der Waals surface area contributed by atoms with Crippen LogP contribution in [0, 0.1) is 0 Å². The van der Waals surface area contributed by atoms with E-state index in [-0.39, 0.29) is 24.0 Å². The Kier molecular flexibility index (Phi) is 5.79. The zero-order chi connectivity index (χ0) is 14.4. The molecule has 1 atom stereocenters. The van der Waals surface area contributed by atoms with Gasteiger partial charge in [-0.25, -0.2) is 0 Å². The summed E-state index contributed by atoms with van der Waals surface area (Å²) in [5.74, 6) is -0.0276. The number of nitrogens with one attached hydrogen (secondary N) is 2. The van der Waals surface area contributed by atoms with E-state index in [2.05, 4.69) is 10.6 Å². The molecule has 6 heteroatoms. The zero-order valence-electron chi connectivity index (χ0n) is 12.2. The second-order valence-electron chi connectivity index (χ2n) is 5.43. The topological polar surface area (TPSA) is 70.7 Å². The predicted octanol–water partition coefficient (Wildman–Crippen LogP) is -0.118. The van der Waals surface area contributed by atoms with Crippen LogP contribution in [0.25, 0.3) is 0 Å². The number of ether oxygens (including phenoxy) is 1. The van der Waals surface area contributed by atoms with Crippen LogP contribution in [-0.2, 0) is 14.3 Å². The van der Waals surface area contributed by atoms with Gasteiger partial charge in [-0.2, -0.15) is 0 Å². The maximum Gasteiger partial charge on any atom is 0.242 e. The van der Waals surface area contributed by atoms with Gasteiger partial charge in [-0.15, -0.1) is 0 Å². The molecule has 0 saturated carbocycles. The second kappa shape index (κ2) is 7.59. The Bertz CT molecular complexity index is 343. The molecule has 20 heavy (non-hydrogen) atoms. The Morgan fingerprint density at radius 1 is 1.30 bits per heavy atom. The van der Waals surface area contributed by atoms with Gasteiger partial charge in [0, 0.05) is 13.6 Å². The Morgan fingerprint density at radius 3 is 2.75 bits per heavy atom. The van der Waals surface area contributed by atoms with E-state index in [9.17, 15) is 9.59 Å². The third kappa shape index (κ3) is 3.93. The minimum absolute atomic E-state index is 0.0324. The number of hydrogen-bond acceptors (Lipinski definition) is 4. The quantitative estimate of drug-likeness (QED) is 0.738. The number of amides is 2. The fourth-order valence-corrected chi connectivity index (χ4v) is 2.92. The van der Waals surface area contributed by atoms with E-state index in [1.165, 1.54) is 0 Å². The molecule has 0 aliphatic carbocycles. The Balaban J connectivity index is 1.72. The monoisotopic (exact) mass is 283 g/mol. The van der Waals surface area contributed by atoms with E-state index in [0.29, 0.717) is 19.6 Å². The number of nitrogens with zero attached hydrogens (tertiary/aromatic N) is 1. The van der Waals surface area contributed by atoms with Crippen molar-refractivity contribution in [1.29, 1.82) is 0 Å². The summed E-state index contributed by atoms with van der Waals surface area (Å²) >= 11 is 0. The number of likely N-dealkylation sites (N-methyl/N-ethyl adjacent to an activating group) is 1. The van der Waals surface area contributed by atoms with Crippen LogP contribution in [0.2, 0.25) is 0 Å². The molecular formula is C14H25N3O3. The summed E-state index contributed by atoms with van der Waals surface area (Å²) in [4.78, 5) is 25.6. The Morgan fingerprint density at radius 2 is 2.05 bits per heavy atom. The van der Waals surface area contributed by atoms with Crippen LogP contribution in [0.5, 0.6) is 0 Å². The van der Waals surface area contributed by atoms with Crippen LogP contribution in [0.4, 0.5) is 0 Å². The molecule has 2 aliphatic rings. The molecule has 2 N–H and O–H groups in total. The van der Waals surface area contributed by atoms with Gasteiger partial charge in [0.2, 0.25) is 11.8 Å². The molecule has 0 aromatic rings. The van der Waals surface area contributed by atoms with Crippen LogP contribution in [0.15, 0.2) is 0 Å². The fourth-order valence-electron chi connectivity index (χ4n) is 2.92. The number of piperidine rings is 1. The summed E-state index contributed by atoms with van der Waals surface area (Å²) in [6, 6.07) is -0.286. The highest BCUT2D eigenvalue weighted by molar-refractivity contribution is 5.88. The van der Waals surface area contributed by atoms with Gasteiger partial charge in [-0.1, -0.05) is 0 Å². The van der Waals surface area contributed by atoms with Crippen LogP contribution < -0.4 is 10.6 Å². The lowest BCUT2D eigenvalue weighted by Crippen LogP contribution is -2.45. The molecular weight excluding hydrogens is 258 g/mol. The van der Waals surface area contributed by atoms with Crippen molar-refractivity contribution in [2.45, 2.75) is 44.2 Å². The SMILES string of the molecule is CNC(=O)C1CCCN1C(=O)CCOC1CCNCC1. The number of rotatable bonds is 5. The smallest absolute Gasteiger partial charge is 0.242 e. The highest BCUT2D eigenvalue weighted by Crippen LogP contribution is 2.18. The van der Waals surface area contributed by atoms with Crippen LogP contribution in [-0.4, -0.2) is 62.1 Å². The number of hydrogen-bond donors (Lipinski definition) is 2. The maximum atomic E-state index is 12.2. The predicted molar refractivity (Wildman–Crippen MR) is 75.3 cm³/mol. The first kappa shape index (κ1) is 15.3. The molecule has 2 rings (SSSR count). The van der Waals surface area contributed by atoms with Crippen molar-refractivity contribution in [1.82, 2.24) is 15.5 Å². The molecule has 0 aromatic carbocycles. The molecule has 0 aromatic heterocycles. The fraction of sp³-hybridized carbons (Fsp3) is 0.857. The molecule has 2 saturated heterocycles. The van der Waals surface area contributed by atoms with Crippen molar-refractivity contribution < 1.29 is 14.3 Å². The standard InChI is InChI=1S/C14H25N3O3/c1-15-14(19)12-3-2-9-17(12)13(18)6-10-20-11-4-7-16-8-5-11/h11-12,16H,2-10H2,1H3,(H,15,19). The molecule has 2 aliphatic heterocycles. The number of carbonyl (C=O) groups is 2. The first-order valence-corrected chi connectivity index (χ1v) is 7.55. The minimum Gasteiger partial charge on any atom is -0.378 e. The normalized spacial score (nSPS) is 23.9. The lowest BCUT2D eigenvalue weighted by atomic mass is 10.1. The van der Waals surface area contributed by atoms with Crippen LogP contribution in [0.1, 0.15) is 32.1 Å². The van der Waals surface area contributed by atoms with E-state index in [4.69, 9.17) is 4.74 Å². The lowest BCUT2D eigenvalue weighted by molar-refractivity contribution is -0.139. The lowest BCUT2D eigenvalue weighted by Gasteiger charge is -2.25. The number of carbonyl (C=O) groups excluding carboxylic acids is 2. The molecule has 114 valence electrons. The van der Waals surface area contributed by atoms with Gasteiger partial charge in [0.1, 0.15) is 6.04 Å². The first-order chi connectivity index (χ1) is 9.72. The average molecular weight is 283 g/mol. The van der Waals surface area contributed by atoms with Crippen LogP contribution >= 0.6 is 0 Å². The van der Waals surface area contributed by atoms with Gasteiger partial charge in [-0.3, -0.25) is 9.59 Å². The van der Waals surface area contributed by atoms with E-state index >= 15 is 0 Å². The molecule has 0 bridgehead atoms. The average Bonchev–Trinajstić information content (AvgIpc) is 2.97. The van der Waals surface area contributed by atoms with Gasteiger partial charge in [-0.05, 0) is 38.8 Å². The summed E-state index contributed by atoms with van der Waals surface area (Å²) in [6.07, 6.45) is 4.34. The van der Waals surface area contributed by atoms with E-state index < -0.39 is 0 Å². The molecule has 0 radical (unpaired) electrons. The summed E-state index contributed by atoms with van der Waals surface area (Å²) in [7, 11) is 1.61. The van der Waals surface area contributed by atoms with E-state index in [1.807, 2.05) is 0 Å². The maximum absolute atomic E-state index is 12.2. The molecule has 2 heterocycles. The largest absolute Gasteiger partial charge is 0.378 e. The van der Waals surface area contributed by atoms with Crippen molar-refractivity contribution in [3.63, 3.8) is 0 Å². The summed E-state index contributed by atoms with van der Waals surface area (Å²) in [6.45, 7) is 3.12. The van der Waals surface area contributed by atoms with Crippen LogP contribution in [0.3, 0.4) is 0 Å². The minimum atomic E-state index is -0.286. The van der Waals surface area contributed by atoms with Crippen molar-refractivity contribution in [2.75, 3.05) is 33.3 Å². The zero-order valence-corrected chi connectivity index (χ0v) is 12.2. The van der Waals surface area contributed by atoms with Gasteiger partial charge in [0.05, 0.1) is 19.1 Å². The molecule has 2 amide bonds.